The minimum Gasteiger partial charge on any atom is -0.387 e. The van der Waals surface area contributed by atoms with Crippen molar-refractivity contribution in [2.24, 2.45) is 5.16 Å². The summed E-state index contributed by atoms with van der Waals surface area (Å²) < 4.78 is 0. The van der Waals surface area contributed by atoms with Crippen molar-refractivity contribution in [1.29, 1.82) is 0 Å². The predicted molar refractivity (Wildman–Crippen MR) is 106 cm³/mol. The molecule has 0 bridgehead atoms. The third kappa shape index (κ3) is 4.04. The Hall–Kier alpha value is -2.25. The van der Waals surface area contributed by atoms with Crippen LogP contribution in [0.5, 0.6) is 0 Å². The second-order valence-corrected chi connectivity index (χ2v) is 8.82. The molecule has 2 aliphatic rings. The van der Waals surface area contributed by atoms with Gasteiger partial charge in [-0.1, -0.05) is 11.2 Å². The van der Waals surface area contributed by atoms with E-state index in [1.807, 2.05) is 29.5 Å². The molecule has 2 aromatic rings. The predicted octanol–water partition coefficient (Wildman–Crippen LogP) is 2.83. The fourth-order valence-corrected chi connectivity index (χ4v) is 4.67. The Kier molecular flexibility index (Phi) is 4.97. The van der Waals surface area contributed by atoms with Crippen molar-refractivity contribution in [3.63, 3.8) is 0 Å². The van der Waals surface area contributed by atoms with E-state index in [-0.39, 0.29) is 11.5 Å². The van der Waals surface area contributed by atoms with E-state index < -0.39 is 0 Å². The van der Waals surface area contributed by atoms with Crippen LogP contribution >= 0.6 is 11.3 Å². The molecule has 4 heterocycles. The molecule has 6 nitrogen and oxygen atoms in total. The summed E-state index contributed by atoms with van der Waals surface area (Å²) in [6, 6.07) is 10.1. The van der Waals surface area contributed by atoms with E-state index in [0.29, 0.717) is 18.7 Å². The summed E-state index contributed by atoms with van der Waals surface area (Å²) in [5.41, 5.74) is 1.03. The summed E-state index contributed by atoms with van der Waals surface area (Å²) >= 11 is 1.84. The third-order valence-electron chi connectivity index (χ3n) is 5.13. The molecule has 1 fully saturated rings. The van der Waals surface area contributed by atoms with Gasteiger partial charge in [-0.2, -0.15) is 0 Å². The van der Waals surface area contributed by atoms with E-state index in [1.54, 1.807) is 18.1 Å². The average molecular weight is 385 g/mol. The minimum absolute atomic E-state index is 0.0788. The summed E-state index contributed by atoms with van der Waals surface area (Å²) in [6.45, 7) is 5.32. The van der Waals surface area contributed by atoms with Crippen molar-refractivity contribution in [2.75, 3.05) is 20.1 Å². The van der Waals surface area contributed by atoms with Crippen LogP contribution < -0.4 is 0 Å². The SMILES string of the molecule is Cc1ccc(CN2CC[C@]3(CC(C(=O)N(C)Cc4ccccn4)=NO3)C2)s1. The molecule has 1 spiro atoms. The number of pyridine rings is 1. The zero-order chi connectivity index (χ0) is 18.9. The lowest BCUT2D eigenvalue weighted by molar-refractivity contribution is -0.123. The van der Waals surface area contributed by atoms with Crippen LogP contribution in [-0.4, -0.2) is 52.1 Å². The fourth-order valence-electron chi connectivity index (χ4n) is 3.73. The number of aryl methyl sites for hydroxylation is 1. The molecule has 7 heteroatoms. The molecular formula is C20H24N4O2S. The van der Waals surface area contributed by atoms with Crippen LogP contribution in [0.15, 0.2) is 41.7 Å². The maximum absolute atomic E-state index is 12.7. The van der Waals surface area contributed by atoms with Crippen molar-refractivity contribution < 1.29 is 9.63 Å². The number of thiophene rings is 1. The second kappa shape index (κ2) is 7.40. The van der Waals surface area contributed by atoms with E-state index in [1.165, 1.54) is 9.75 Å². The lowest BCUT2D eigenvalue weighted by Gasteiger charge is -2.22. The van der Waals surface area contributed by atoms with E-state index in [9.17, 15) is 4.79 Å². The molecular weight excluding hydrogens is 360 g/mol. The van der Waals surface area contributed by atoms with Gasteiger partial charge in [-0.3, -0.25) is 14.7 Å². The van der Waals surface area contributed by atoms with Gasteiger partial charge in [-0.15, -0.1) is 11.3 Å². The molecule has 1 atom stereocenters. The highest BCUT2D eigenvalue weighted by atomic mass is 32.1. The normalized spacial score (nSPS) is 22.1. The fraction of sp³-hybridized carbons (Fsp3) is 0.450. The molecule has 1 amide bonds. The highest BCUT2D eigenvalue weighted by Crippen LogP contribution is 2.35. The van der Waals surface area contributed by atoms with E-state index in [0.717, 1.165) is 31.7 Å². The molecule has 1 saturated heterocycles. The van der Waals surface area contributed by atoms with Gasteiger partial charge in [0.05, 0.1) is 12.2 Å². The number of carbonyl (C=O) groups is 1. The molecule has 0 saturated carbocycles. The first-order valence-electron chi connectivity index (χ1n) is 9.21. The number of hydrogen-bond donors (Lipinski definition) is 0. The minimum atomic E-state index is -0.344. The maximum atomic E-state index is 12.7. The Morgan fingerprint density at radius 1 is 1.37 bits per heavy atom. The molecule has 27 heavy (non-hydrogen) atoms. The van der Waals surface area contributed by atoms with Gasteiger partial charge in [0, 0.05) is 55.5 Å². The topological polar surface area (TPSA) is 58.0 Å². The van der Waals surface area contributed by atoms with Crippen molar-refractivity contribution in [3.05, 3.63) is 52.0 Å². The third-order valence-corrected chi connectivity index (χ3v) is 6.11. The molecule has 0 unspecified atom stereocenters. The molecule has 0 aliphatic carbocycles. The van der Waals surface area contributed by atoms with Crippen LogP contribution in [-0.2, 0) is 22.7 Å². The summed E-state index contributed by atoms with van der Waals surface area (Å²) in [4.78, 5) is 29.6. The molecule has 142 valence electrons. The van der Waals surface area contributed by atoms with E-state index in [2.05, 4.69) is 34.1 Å². The Morgan fingerprint density at radius 3 is 3.00 bits per heavy atom. The number of likely N-dealkylation sites (tertiary alicyclic amines) is 1. The van der Waals surface area contributed by atoms with Gasteiger partial charge in [0.2, 0.25) is 0 Å². The number of aromatic nitrogens is 1. The number of nitrogens with zero attached hydrogens (tertiary/aromatic N) is 4. The van der Waals surface area contributed by atoms with Crippen molar-refractivity contribution in [3.8, 4) is 0 Å². The number of carbonyl (C=O) groups excluding carboxylic acids is 1. The standard InChI is InChI=1S/C20H24N4O2S/c1-15-6-7-17(27-15)13-24-10-8-20(14-24)11-18(22-26-20)19(25)23(2)12-16-5-3-4-9-21-16/h3-7,9H,8,10-14H2,1-2H3/t20-/m0/s1. The number of rotatable bonds is 5. The van der Waals surface area contributed by atoms with E-state index >= 15 is 0 Å². The average Bonchev–Trinajstić information content (AvgIpc) is 3.37. The van der Waals surface area contributed by atoms with Gasteiger partial charge in [0.15, 0.2) is 5.60 Å². The first kappa shape index (κ1) is 18.1. The zero-order valence-corrected chi connectivity index (χ0v) is 16.5. The van der Waals surface area contributed by atoms with Crippen LogP contribution in [0.3, 0.4) is 0 Å². The molecule has 0 radical (unpaired) electrons. The van der Waals surface area contributed by atoms with Gasteiger partial charge in [0.25, 0.3) is 5.91 Å². The summed E-state index contributed by atoms with van der Waals surface area (Å²) in [7, 11) is 1.78. The van der Waals surface area contributed by atoms with Crippen LogP contribution in [0.2, 0.25) is 0 Å². The number of amides is 1. The highest BCUT2D eigenvalue weighted by molar-refractivity contribution is 7.11. The van der Waals surface area contributed by atoms with Crippen molar-refractivity contribution in [1.82, 2.24) is 14.8 Å². The highest BCUT2D eigenvalue weighted by Gasteiger charge is 2.47. The maximum Gasteiger partial charge on any atom is 0.271 e. The number of hydrogen-bond acceptors (Lipinski definition) is 6. The monoisotopic (exact) mass is 384 g/mol. The van der Waals surface area contributed by atoms with Crippen LogP contribution in [0.25, 0.3) is 0 Å². The zero-order valence-electron chi connectivity index (χ0n) is 15.7. The Balaban J connectivity index is 1.33. The van der Waals surface area contributed by atoms with E-state index in [4.69, 9.17) is 4.84 Å². The van der Waals surface area contributed by atoms with Crippen LogP contribution in [0.4, 0.5) is 0 Å². The first-order chi connectivity index (χ1) is 13.0. The van der Waals surface area contributed by atoms with Gasteiger partial charge < -0.3 is 9.74 Å². The lowest BCUT2D eigenvalue weighted by atomic mass is 9.96. The van der Waals surface area contributed by atoms with Crippen molar-refractivity contribution >= 4 is 23.0 Å². The van der Waals surface area contributed by atoms with Gasteiger partial charge in [-0.25, -0.2) is 0 Å². The van der Waals surface area contributed by atoms with Gasteiger partial charge in [0.1, 0.15) is 5.71 Å². The Morgan fingerprint density at radius 2 is 2.26 bits per heavy atom. The lowest BCUT2D eigenvalue weighted by Crippen LogP contribution is -2.37. The summed E-state index contributed by atoms with van der Waals surface area (Å²) in [6.07, 6.45) is 3.22. The number of oxime groups is 1. The molecule has 2 aromatic heterocycles. The molecule has 2 aliphatic heterocycles. The molecule has 0 N–H and O–H groups in total. The van der Waals surface area contributed by atoms with Gasteiger partial charge >= 0.3 is 0 Å². The largest absolute Gasteiger partial charge is 0.387 e. The smallest absolute Gasteiger partial charge is 0.271 e. The van der Waals surface area contributed by atoms with Gasteiger partial charge in [-0.05, 0) is 31.2 Å². The van der Waals surface area contributed by atoms with Crippen LogP contribution in [0, 0.1) is 6.92 Å². The Bertz CT molecular complexity index is 851. The quantitative estimate of drug-likeness (QED) is 0.795. The Labute approximate surface area is 163 Å². The summed E-state index contributed by atoms with van der Waals surface area (Å²) in [5.74, 6) is -0.0788. The van der Waals surface area contributed by atoms with Crippen LogP contribution in [0.1, 0.15) is 28.3 Å². The second-order valence-electron chi connectivity index (χ2n) is 7.44. The first-order valence-corrected chi connectivity index (χ1v) is 10.0. The summed E-state index contributed by atoms with van der Waals surface area (Å²) in [5, 5.41) is 4.16. The van der Waals surface area contributed by atoms with Crippen molar-refractivity contribution in [2.45, 2.75) is 38.5 Å². The molecule has 4 rings (SSSR count). The molecule has 0 aromatic carbocycles.